The number of likely N-dealkylation sites (N-methyl/N-ethyl adjacent to an activating group) is 1. The second-order valence-corrected chi connectivity index (χ2v) is 14.2. The smallest absolute Gasteiger partial charge is 0.255 e. The van der Waals surface area contributed by atoms with Crippen LogP contribution >= 0.6 is 0 Å². The van der Waals surface area contributed by atoms with Crippen molar-refractivity contribution in [3.05, 3.63) is 128 Å². The Balaban J connectivity index is 0.000000643. The molecule has 0 spiro atoms. The van der Waals surface area contributed by atoms with Crippen LogP contribution in [0.5, 0.6) is 0 Å². The van der Waals surface area contributed by atoms with E-state index < -0.39 is 15.7 Å². The van der Waals surface area contributed by atoms with Crippen molar-refractivity contribution in [2.45, 2.75) is 4.90 Å². The molecule has 5 aromatic rings. The molecule has 51 heavy (non-hydrogen) atoms. The van der Waals surface area contributed by atoms with E-state index in [2.05, 4.69) is 49.8 Å². The summed E-state index contributed by atoms with van der Waals surface area (Å²) in [5.74, 6) is 0.0344. The molecule has 4 aromatic carbocycles. The number of sulfone groups is 1. The van der Waals surface area contributed by atoms with Gasteiger partial charge in [-0.15, -0.1) is 6.58 Å². The molecule has 0 aliphatic carbocycles. The molecule has 1 amide bonds. The first kappa shape index (κ1) is 36.7. The number of hydrogen-bond acceptors (Lipinski definition) is 10. The van der Waals surface area contributed by atoms with Crippen molar-refractivity contribution in [3.8, 4) is 11.3 Å². The summed E-state index contributed by atoms with van der Waals surface area (Å²) in [7, 11) is 2.59. The normalized spacial score (nSPS) is 12.9. The molecular weight excluding hydrogens is 661 g/mol. The third-order valence-corrected chi connectivity index (χ3v) is 9.68. The SMILES string of the molecule is C=CCS(=O)(=O)c1cccc(C(=O)Nc2cccc(Nc3ccccc3-c3cc(Nc4cccc(N(C)C)c4)ncn3)c2)c1.CN1CCNCC1. The largest absolute Gasteiger partial charge is 0.378 e. The van der Waals surface area contributed by atoms with Crippen molar-refractivity contribution >= 4 is 50.0 Å². The molecule has 4 N–H and O–H groups in total. The van der Waals surface area contributed by atoms with Crippen LogP contribution in [0.3, 0.4) is 0 Å². The quantitative estimate of drug-likeness (QED) is 0.114. The number of carbonyl (C=O) groups excluding carboxylic acids is 1. The Labute approximate surface area is 300 Å². The van der Waals surface area contributed by atoms with Gasteiger partial charge in [0.05, 0.1) is 16.3 Å². The van der Waals surface area contributed by atoms with Crippen molar-refractivity contribution in [1.29, 1.82) is 0 Å². The van der Waals surface area contributed by atoms with E-state index >= 15 is 0 Å². The van der Waals surface area contributed by atoms with E-state index in [4.69, 9.17) is 0 Å². The van der Waals surface area contributed by atoms with Gasteiger partial charge in [-0.05, 0) is 67.7 Å². The topological polar surface area (TPSA) is 132 Å². The van der Waals surface area contributed by atoms with E-state index in [9.17, 15) is 13.2 Å². The van der Waals surface area contributed by atoms with Crippen molar-refractivity contribution in [1.82, 2.24) is 20.2 Å². The third kappa shape index (κ3) is 10.5. The molecule has 0 unspecified atom stereocenters. The van der Waals surface area contributed by atoms with Crippen LogP contribution in [0.1, 0.15) is 10.4 Å². The lowest BCUT2D eigenvalue weighted by Crippen LogP contribution is -2.40. The van der Waals surface area contributed by atoms with Gasteiger partial charge in [0.15, 0.2) is 9.84 Å². The van der Waals surface area contributed by atoms with Crippen LogP contribution in [0, 0.1) is 0 Å². The van der Waals surface area contributed by atoms with Crippen LogP contribution in [0.15, 0.2) is 127 Å². The van der Waals surface area contributed by atoms with E-state index in [1.807, 2.05) is 85.7 Å². The van der Waals surface area contributed by atoms with Crippen LogP contribution in [0.2, 0.25) is 0 Å². The molecule has 1 aliphatic heterocycles. The van der Waals surface area contributed by atoms with Crippen molar-refractivity contribution in [2.24, 2.45) is 0 Å². The molecular formula is C39H44N8O3S. The molecule has 12 heteroatoms. The maximum Gasteiger partial charge on any atom is 0.255 e. The third-order valence-electron chi connectivity index (χ3n) is 8.04. The summed E-state index contributed by atoms with van der Waals surface area (Å²) in [6, 6.07) is 31.0. The van der Waals surface area contributed by atoms with Crippen LogP contribution in [0.25, 0.3) is 11.3 Å². The zero-order valence-electron chi connectivity index (χ0n) is 29.1. The lowest BCUT2D eigenvalue weighted by atomic mass is 10.1. The Bertz CT molecular complexity index is 2060. The van der Waals surface area contributed by atoms with Gasteiger partial charge in [-0.25, -0.2) is 18.4 Å². The molecule has 0 radical (unpaired) electrons. The summed E-state index contributed by atoms with van der Waals surface area (Å²) in [4.78, 5) is 26.4. The minimum absolute atomic E-state index is 0.0715. The van der Waals surface area contributed by atoms with Gasteiger partial charge in [-0.1, -0.05) is 42.5 Å². The highest BCUT2D eigenvalue weighted by Crippen LogP contribution is 2.31. The lowest BCUT2D eigenvalue weighted by molar-refractivity contribution is 0.102. The second-order valence-electron chi connectivity index (χ2n) is 12.2. The van der Waals surface area contributed by atoms with Gasteiger partial charge in [0, 0.05) is 85.9 Å². The number of hydrogen-bond donors (Lipinski definition) is 4. The predicted octanol–water partition coefficient (Wildman–Crippen LogP) is 6.43. The number of piperazine rings is 1. The average Bonchev–Trinajstić information content (AvgIpc) is 3.13. The summed E-state index contributed by atoms with van der Waals surface area (Å²) in [6.45, 7) is 8.24. The first-order chi connectivity index (χ1) is 24.6. The molecule has 1 aliphatic rings. The van der Waals surface area contributed by atoms with E-state index in [0.29, 0.717) is 11.5 Å². The van der Waals surface area contributed by atoms with Crippen LogP contribution in [0.4, 0.5) is 34.3 Å². The zero-order valence-corrected chi connectivity index (χ0v) is 30.0. The fourth-order valence-electron chi connectivity index (χ4n) is 5.29. The van der Waals surface area contributed by atoms with Gasteiger partial charge >= 0.3 is 0 Å². The van der Waals surface area contributed by atoms with Gasteiger partial charge in [0.1, 0.15) is 12.1 Å². The molecule has 0 saturated carbocycles. The first-order valence-corrected chi connectivity index (χ1v) is 18.2. The number of amides is 1. The number of nitrogens with one attached hydrogen (secondary N) is 4. The highest BCUT2D eigenvalue weighted by Gasteiger charge is 2.16. The van der Waals surface area contributed by atoms with Crippen LogP contribution in [-0.2, 0) is 9.84 Å². The van der Waals surface area contributed by atoms with Gasteiger partial charge in [-0.3, -0.25) is 4.79 Å². The molecule has 0 atom stereocenters. The molecule has 264 valence electrons. The Morgan fingerprint density at radius 3 is 2.29 bits per heavy atom. The Kier molecular flexibility index (Phi) is 12.5. The number of anilines is 6. The second kappa shape index (κ2) is 17.4. The summed E-state index contributed by atoms with van der Waals surface area (Å²) in [5, 5.41) is 12.9. The zero-order chi connectivity index (χ0) is 36.2. The molecule has 1 aromatic heterocycles. The summed E-state index contributed by atoms with van der Waals surface area (Å²) in [6.07, 6.45) is 2.85. The molecule has 1 fully saturated rings. The summed E-state index contributed by atoms with van der Waals surface area (Å²) >= 11 is 0. The van der Waals surface area contributed by atoms with E-state index in [1.165, 1.54) is 37.6 Å². The van der Waals surface area contributed by atoms with Crippen molar-refractivity contribution < 1.29 is 13.2 Å². The summed E-state index contributed by atoms with van der Waals surface area (Å²) in [5.41, 5.74) is 5.92. The Morgan fingerprint density at radius 2 is 1.57 bits per heavy atom. The number of aromatic nitrogens is 2. The maximum atomic E-state index is 13.0. The minimum atomic E-state index is -3.55. The van der Waals surface area contributed by atoms with Crippen molar-refractivity contribution in [3.63, 3.8) is 0 Å². The number of rotatable bonds is 11. The number of carbonyl (C=O) groups is 1. The Hall–Kier alpha value is -5.56. The monoisotopic (exact) mass is 704 g/mol. The fourth-order valence-corrected chi connectivity index (χ4v) is 6.39. The maximum absolute atomic E-state index is 13.0. The van der Waals surface area contributed by atoms with E-state index in [-0.39, 0.29) is 16.2 Å². The lowest BCUT2D eigenvalue weighted by Gasteiger charge is -2.21. The van der Waals surface area contributed by atoms with Crippen molar-refractivity contribution in [2.75, 3.05) is 73.9 Å². The van der Waals surface area contributed by atoms with Gasteiger partial charge in [-0.2, -0.15) is 0 Å². The fraction of sp³-hybridized carbons (Fsp3) is 0.205. The van der Waals surface area contributed by atoms with Gasteiger partial charge < -0.3 is 31.1 Å². The van der Waals surface area contributed by atoms with Gasteiger partial charge in [0.25, 0.3) is 5.91 Å². The minimum Gasteiger partial charge on any atom is -0.378 e. The number of benzene rings is 4. The Morgan fingerprint density at radius 1 is 0.863 bits per heavy atom. The standard InChI is InChI=1S/C34H32N6O3S.C5H12N2/c1-4-18-44(42,43)29-15-7-10-24(19-29)34(41)39-26-12-8-11-25(20-26)37-31-17-6-5-16-30(31)32-22-33(36-23-35-32)38-27-13-9-14-28(21-27)40(2)3;1-7-4-2-6-3-5-7/h4-17,19-23,37H,1,18H2,2-3H3,(H,39,41)(H,35,36,38);6H,2-5H2,1H3. The number of nitrogens with zero attached hydrogens (tertiary/aromatic N) is 4. The van der Waals surface area contributed by atoms with Gasteiger partial charge in [0.2, 0.25) is 0 Å². The van der Waals surface area contributed by atoms with Crippen LogP contribution < -0.4 is 26.2 Å². The van der Waals surface area contributed by atoms with Crippen LogP contribution in [-0.4, -0.2) is 82.3 Å². The highest BCUT2D eigenvalue weighted by atomic mass is 32.2. The molecule has 1 saturated heterocycles. The molecule has 11 nitrogen and oxygen atoms in total. The first-order valence-electron chi connectivity index (χ1n) is 16.6. The summed E-state index contributed by atoms with van der Waals surface area (Å²) < 4.78 is 24.8. The van der Waals surface area contributed by atoms with E-state index in [0.717, 1.165) is 47.1 Å². The number of para-hydroxylation sites is 1. The average molecular weight is 705 g/mol. The molecule has 6 rings (SSSR count). The molecule has 0 bridgehead atoms. The predicted molar refractivity (Wildman–Crippen MR) is 208 cm³/mol. The highest BCUT2D eigenvalue weighted by molar-refractivity contribution is 7.91. The van der Waals surface area contributed by atoms with E-state index in [1.54, 1.807) is 24.3 Å². The molecule has 2 heterocycles.